The van der Waals surface area contributed by atoms with Crippen molar-refractivity contribution in [3.8, 4) is 11.3 Å². The molecule has 0 unspecified atom stereocenters. The summed E-state index contributed by atoms with van der Waals surface area (Å²) >= 11 is 1.31. The number of amides is 1. The van der Waals surface area contributed by atoms with Gasteiger partial charge in [0.15, 0.2) is 5.13 Å². The first kappa shape index (κ1) is 16.9. The van der Waals surface area contributed by atoms with E-state index in [1.54, 1.807) is 23.6 Å². The van der Waals surface area contributed by atoms with Crippen LogP contribution in [0.5, 0.6) is 0 Å². The number of non-ortho nitro benzene ring substituents is 1. The van der Waals surface area contributed by atoms with Crippen LogP contribution in [0.15, 0.2) is 72.1 Å². The summed E-state index contributed by atoms with van der Waals surface area (Å²) in [6.07, 6.45) is 0. The Morgan fingerprint density at radius 2 is 1.74 bits per heavy atom. The maximum atomic E-state index is 12.7. The van der Waals surface area contributed by atoms with Gasteiger partial charge in [-0.2, -0.15) is 0 Å². The average Bonchev–Trinajstić information content (AvgIpc) is 3.16. The minimum absolute atomic E-state index is 0.0264. The molecule has 0 radical (unpaired) electrons. The molecule has 7 heteroatoms. The fourth-order valence-corrected chi connectivity index (χ4v) is 3.52. The first-order valence-electron chi connectivity index (χ1n) is 8.11. The van der Waals surface area contributed by atoms with E-state index in [2.05, 4.69) is 10.3 Å². The summed E-state index contributed by atoms with van der Waals surface area (Å²) < 4.78 is 0. The zero-order chi connectivity index (χ0) is 18.8. The van der Waals surface area contributed by atoms with Crippen molar-refractivity contribution in [2.24, 2.45) is 0 Å². The van der Waals surface area contributed by atoms with Crippen molar-refractivity contribution in [3.63, 3.8) is 0 Å². The number of hydrogen-bond acceptors (Lipinski definition) is 5. The summed E-state index contributed by atoms with van der Waals surface area (Å²) in [5.74, 6) is -0.226. The Kier molecular flexibility index (Phi) is 4.35. The third kappa shape index (κ3) is 3.40. The third-order valence-electron chi connectivity index (χ3n) is 4.13. The molecule has 0 saturated heterocycles. The van der Waals surface area contributed by atoms with Crippen LogP contribution in [-0.2, 0) is 0 Å². The van der Waals surface area contributed by atoms with Crippen LogP contribution in [0.1, 0.15) is 10.4 Å². The third-order valence-corrected chi connectivity index (χ3v) is 4.89. The van der Waals surface area contributed by atoms with Crippen molar-refractivity contribution >= 4 is 38.8 Å². The second-order valence-corrected chi connectivity index (χ2v) is 6.68. The number of hydrogen-bond donors (Lipinski definition) is 1. The Labute approximate surface area is 158 Å². The molecule has 0 aliphatic heterocycles. The molecule has 1 heterocycles. The number of nitro groups is 1. The Morgan fingerprint density at radius 3 is 2.52 bits per heavy atom. The number of carbonyl (C=O) groups is 1. The lowest BCUT2D eigenvalue weighted by atomic mass is 10.0. The van der Waals surface area contributed by atoms with Crippen molar-refractivity contribution in [1.29, 1.82) is 0 Å². The van der Waals surface area contributed by atoms with Crippen molar-refractivity contribution < 1.29 is 9.72 Å². The predicted octanol–water partition coefficient (Wildman–Crippen LogP) is 5.12. The van der Waals surface area contributed by atoms with Gasteiger partial charge >= 0.3 is 0 Å². The van der Waals surface area contributed by atoms with Crippen LogP contribution in [0.4, 0.5) is 10.8 Å². The highest BCUT2D eigenvalue weighted by atomic mass is 32.1. The van der Waals surface area contributed by atoms with E-state index in [0.717, 1.165) is 16.3 Å². The summed E-state index contributed by atoms with van der Waals surface area (Å²) in [6.45, 7) is 0. The fraction of sp³-hybridized carbons (Fsp3) is 0. The second kappa shape index (κ2) is 6.97. The lowest BCUT2D eigenvalue weighted by Crippen LogP contribution is -2.12. The smallest absolute Gasteiger partial charge is 0.269 e. The normalized spacial score (nSPS) is 10.7. The number of nitrogens with one attached hydrogen (secondary N) is 1. The zero-order valence-corrected chi connectivity index (χ0v) is 14.8. The summed E-state index contributed by atoms with van der Waals surface area (Å²) in [4.78, 5) is 27.4. The molecule has 4 aromatic rings. The zero-order valence-electron chi connectivity index (χ0n) is 14.0. The van der Waals surface area contributed by atoms with Crippen LogP contribution in [0.25, 0.3) is 22.0 Å². The molecule has 0 saturated carbocycles. The Balaban J connectivity index is 1.57. The summed E-state index contributed by atoms with van der Waals surface area (Å²) in [6, 6.07) is 19.4. The van der Waals surface area contributed by atoms with Crippen molar-refractivity contribution in [2.45, 2.75) is 0 Å². The van der Waals surface area contributed by atoms with Crippen LogP contribution in [0.2, 0.25) is 0 Å². The molecule has 1 amide bonds. The molecule has 3 aromatic carbocycles. The number of thiazole rings is 1. The van der Waals surface area contributed by atoms with Gasteiger partial charge in [-0.3, -0.25) is 20.2 Å². The summed E-state index contributed by atoms with van der Waals surface area (Å²) in [5, 5.41) is 17.7. The topological polar surface area (TPSA) is 85.1 Å². The summed E-state index contributed by atoms with van der Waals surface area (Å²) in [5.41, 5.74) is 2.02. The molecular weight excluding hydrogens is 362 g/mol. The molecule has 1 N–H and O–H groups in total. The maximum absolute atomic E-state index is 12.7. The average molecular weight is 375 g/mol. The van der Waals surface area contributed by atoms with Crippen LogP contribution >= 0.6 is 11.3 Å². The Hall–Kier alpha value is -3.58. The molecule has 0 bridgehead atoms. The minimum atomic E-state index is -0.444. The lowest BCUT2D eigenvalue weighted by molar-refractivity contribution is -0.384. The number of nitro benzene ring substituents is 1. The molecule has 4 rings (SSSR count). The quantitative estimate of drug-likeness (QED) is 0.396. The van der Waals surface area contributed by atoms with Gasteiger partial charge in [-0.1, -0.05) is 36.4 Å². The Morgan fingerprint density at radius 1 is 1.00 bits per heavy atom. The van der Waals surface area contributed by atoms with Crippen molar-refractivity contribution in [2.75, 3.05) is 5.32 Å². The van der Waals surface area contributed by atoms with Gasteiger partial charge in [0.05, 0.1) is 10.6 Å². The number of carbonyl (C=O) groups excluding carboxylic acids is 1. The van der Waals surface area contributed by atoms with Gasteiger partial charge < -0.3 is 0 Å². The van der Waals surface area contributed by atoms with E-state index in [0.29, 0.717) is 16.4 Å². The van der Waals surface area contributed by atoms with E-state index < -0.39 is 4.92 Å². The number of aromatic nitrogens is 1. The van der Waals surface area contributed by atoms with Gasteiger partial charge in [-0.25, -0.2) is 4.98 Å². The van der Waals surface area contributed by atoms with Gasteiger partial charge in [-0.05, 0) is 29.0 Å². The van der Waals surface area contributed by atoms with E-state index >= 15 is 0 Å². The van der Waals surface area contributed by atoms with Crippen LogP contribution in [0, 0.1) is 10.1 Å². The van der Waals surface area contributed by atoms with E-state index in [4.69, 9.17) is 0 Å². The van der Waals surface area contributed by atoms with Crippen LogP contribution in [0.3, 0.4) is 0 Å². The Bertz CT molecular complexity index is 1150. The lowest BCUT2D eigenvalue weighted by Gasteiger charge is -2.06. The maximum Gasteiger partial charge on any atom is 0.269 e. The summed E-state index contributed by atoms with van der Waals surface area (Å²) in [7, 11) is 0. The number of nitrogens with zero attached hydrogens (tertiary/aromatic N) is 2. The second-order valence-electron chi connectivity index (χ2n) is 5.82. The van der Waals surface area contributed by atoms with Crippen molar-refractivity contribution in [1.82, 2.24) is 4.98 Å². The van der Waals surface area contributed by atoms with Gasteiger partial charge in [-0.15, -0.1) is 11.3 Å². The highest BCUT2D eigenvalue weighted by molar-refractivity contribution is 7.14. The molecule has 132 valence electrons. The molecule has 0 aliphatic rings. The molecule has 0 aliphatic carbocycles. The fourth-order valence-electron chi connectivity index (χ4n) is 2.81. The predicted molar refractivity (Wildman–Crippen MR) is 106 cm³/mol. The standard InChI is InChI=1S/C20H13N3O3S/c24-19(17-7-3-5-13-4-1-2-6-16(13)17)22-20-21-18(12-27-20)14-8-10-15(11-9-14)23(25)26/h1-12H,(H,21,22,24). The first-order chi connectivity index (χ1) is 13.1. The van der Waals surface area contributed by atoms with E-state index in [9.17, 15) is 14.9 Å². The van der Waals surface area contributed by atoms with Crippen LogP contribution < -0.4 is 5.32 Å². The van der Waals surface area contributed by atoms with E-state index in [1.165, 1.54) is 23.5 Å². The molecular formula is C20H13N3O3S. The van der Waals surface area contributed by atoms with E-state index in [1.807, 2.05) is 36.4 Å². The highest BCUT2D eigenvalue weighted by Crippen LogP contribution is 2.27. The molecule has 27 heavy (non-hydrogen) atoms. The SMILES string of the molecule is O=C(Nc1nc(-c2ccc([N+](=O)[O-])cc2)cs1)c1cccc2ccccc12. The van der Waals surface area contributed by atoms with Gasteiger partial charge in [0.1, 0.15) is 0 Å². The highest BCUT2D eigenvalue weighted by Gasteiger charge is 2.13. The molecule has 1 aromatic heterocycles. The molecule has 6 nitrogen and oxygen atoms in total. The van der Waals surface area contributed by atoms with Gasteiger partial charge in [0, 0.05) is 28.6 Å². The number of fused-ring (bicyclic) bond motifs is 1. The molecule has 0 fully saturated rings. The largest absolute Gasteiger partial charge is 0.298 e. The number of rotatable bonds is 4. The molecule has 0 spiro atoms. The monoisotopic (exact) mass is 375 g/mol. The first-order valence-corrected chi connectivity index (χ1v) is 8.99. The van der Waals surface area contributed by atoms with Gasteiger partial charge in [0.25, 0.3) is 11.6 Å². The van der Waals surface area contributed by atoms with E-state index in [-0.39, 0.29) is 11.6 Å². The van der Waals surface area contributed by atoms with Crippen LogP contribution in [-0.4, -0.2) is 15.8 Å². The number of benzene rings is 3. The minimum Gasteiger partial charge on any atom is -0.298 e. The van der Waals surface area contributed by atoms with Crippen molar-refractivity contribution in [3.05, 3.63) is 87.8 Å². The van der Waals surface area contributed by atoms with Gasteiger partial charge in [0.2, 0.25) is 0 Å². The molecule has 0 atom stereocenters. The number of anilines is 1.